The van der Waals surface area contributed by atoms with Crippen molar-refractivity contribution in [2.75, 3.05) is 32.8 Å². The average Bonchev–Trinajstić information content (AvgIpc) is 3.05. The van der Waals surface area contributed by atoms with Gasteiger partial charge in [-0.1, -0.05) is 12.1 Å². The quantitative estimate of drug-likeness (QED) is 0.719. The predicted molar refractivity (Wildman–Crippen MR) is 107 cm³/mol. The SMILES string of the molecule is CC(C)OCCCNC(=O)CN1CCC[C@@H](c2nc3ccccc3s2)C1. The Kier molecular flexibility index (Phi) is 7.00. The number of hydrogen-bond donors (Lipinski definition) is 1. The number of thiazole rings is 1. The van der Waals surface area contributed by atoms with E-state index in [0.717, 1.165) is 37.9 Å². The van der Waals surface area contributed by atoms with Gasteiger partial charge in [0.15, 0.2) is 0 Å². The van der Waals surface area contributed by atoms with E-state index in [9.17, 15) is 4.79 Å². The van der Waals surface area contributed by atoms with Gasteiger partial charge in [-0.3, -0.25) is 9.69 Å². The molecule has 1 saturated heterocycles. The highest BCUT2D eigenvalue weighted by molar-refractivity contribution is 7.18. The molecule has 26 heavy (non-hydrogen) atoms. The molecule has 0 spiro atoms. The van der Waals surface area contributed by atoms with Gasteiger partial charge in [-0.2, -0.15) is 0 Å². The molecule has 2 heterocycles. The number of aromatic nitrogens is 1. The third-order valence-corrected chi connectivity index (χ3v) is 5.83. The smallest absolute Gasteiger partial charge is 0.234 e. The number of ether oxygens (including phenoxy) is 1. The summed E-state index contributed by atoms with van der Waals surface area (Å²) < 4.78 is 6.74. The fourth-order valence-corrected chi connectivity index (χ4v) is 4.44. The number of nitrogens with one attached hydrogen (secondary N) is 1. The highest BCUT2D eigenvalue weighted by Gasteiger charge is 2.25. The van der Waals surface area contributed by atoms with E-state index in [1.807, 2.05) is 19.9 Å². The number of hydrogen-bond acceptors (Lipinski definition) is 5. The minimum Gasteiger partial charge on any atom is -0.379 e. The molecule has 1 aromatic carbocycles. The lowest BCUT2D eigenvalue weighted by atomic mass is 9.99. The molecule has 0 aliphatic carbocycles. The second-order valence-electron chi connectivity index (χ2n) is 7.22. The summed E-state index contributed by atoms with van der Waals surface area (Å²) in [5.41, 5.74) is 1.09. The predicted octanol–water partition coefficient (Wildman–Crippen LogP) is 3.41. The maximum atomic E-state index is 12.2. The van der Waals surface area contributed by atoms with Gasteiger partial charge in [0, 0.05) is 25.6 Å². The summed E-state index contributed by atoms with van der Waals surface area (Å²) in [7, 11) is 0. The summed E-state index contributed by atoms with van der Waals surface area (Å²) in [6, 6.07) is 8.31. The average molecular weight is 376 g/mol. The maximum Gasteiger partial charge on any atom is 0.234 e. The number of nitrogens with zero attached hydrogens (tertiary/aromatic N) is 2. The Morgan fingerprint density at radius 3 is 3.08 bits per heavy atom. The fourth-order valence-electron chi connectivity index (χ4n) is 3.34. The van der Waals surface area contributed by atoms with Crippen molar-refractivity contribution in [2.24, 2.45) is 0 Å². The second kappa shape index (κ2) is 9.44. The summed E-state index contributed by atoms with van der Waals surface area (Å²) in [6.07, 6.45) is 3.39. The lowest BCUT2D eigenvalue weighted by Gasteiger charge is -2.31. The molecule has 1 atom stereocenters. The molecule has 0 radical (unpaired) electrons. The molecule has 1 N–H and O–H groups in total. The number of carbonyl (C=O) groups excluding carboxylic acids is 1. The number of piperidine rings is 1. The lowest BCUT2D eigenvalue weighted by molar-refractivity contribution is -0.122. The third-order valence-electron chi connectivity index (χ3n) is 4.63. The van der Waals surface area contributed by atoms with E-state index < -0.39 is 0 Å². The molecule has 0 bridgehead atoms. The zero-order valence-electron chi connectivity index (χ0n) is 15.7. The summed E-state index contributed by atoms with van der Waals surface area (Å²) in [4.78, 5) is 19.3. The Bertz CT molecular complexity index is 683. The van der Waals surface area contributed by atoms with Gasteiger partial charge in [0.1, 0.15) is 0 Å². The molecular formula is C20H29N3O2S. The standard InChI is InChI=1S/C20H29N3O2S/c1-15(2)25-12-6-10-21-19(24)14-23-11-5-7-16(13-23)20-22-17-8-3-4-9-18(17)26-20/h3-4,8-9,15-16H,5-7,10-14H2,1-2H3,(H,21,24)/t16-/m1/s1. The molecule has 1 fully saturated rings. The molecule has 5 nitrogen and oxygen atoms in total. The van der Waals surface area contributed by atoms with Gasteiger partial charge in [-0.25, -0.2) is 4.98 Å². The molecule has 0 unspecified atom stereocenters. The molecule has 2 aromatic rings. The minimum atomic E-state index is 0.111. The largest absolute Gasteiger partial charge is 0.379 e. The molecule has 1 amide bonds. The van der Waals surface area contributed by atoms with Crippen LogP contribution in [0.5, 0.6) is 0 Å². The normalized spacial score (nSPS) is 18.5. The number of carbonyl (C=O) groups is 1. The van der Waals surface area contributed by atoms with E-state index in [0.29, 0.717) is 25.6 Å². The van der Waals surface area contributed by atoms with Crippen molar-refractivity contribution in [2.45, 2.75) is 45.1 Å². The highest BCUT2D eigenvalue weighted by atomic mass is 32.1. The molecule has 1 aliphatic rings. The highest BCUT2D eigenvalue weighted by Crippen LogP contribution is 2.32. The van der Waals surface area contributed by atoms with Crippen molar-refractivity contribution in [1.29, 1.82) is 0 Å². The van der Waals surface area contributed by atoms with E-state index in [2.05, 4.69) is 28.4 Å². The van der Waals surface area contributed by atoms with E-state index in [1.165, 1.54) is 9.71 Å². The van der Waals surface area contributed by atoms with Gasteiger partial charge in [-0.05, 0) is 51.8 Å². The summed E-state index contributed by atoms with van der Waals surface area (Å²) in [5, 5.41) is 4.22. The zero-order chi connectivity index (χ0) is 18.4. The van der Waals surface area contributed by atoms with Crippen LogP contribution in [0.4, 0.5) is 0 Å². The number of para-hydroxylation sites is 1. The van der Waals surface area contributed by atoms with Crippen LogP contribution in [0.15, 0.2) is 24.3 Å². The van der Waals surface area contributed by atoms with Crippen molar-refractivity contribution in [3.05, 3.63) is 29.3 Å². The van der Waals surface area contributed by atoms with Crippen LogP contribution in [-0.4, -0.2) is 54.7 Å². The van der Waals surface area contributed by atoms with Crippen LogP contribution >= 0.6 is 11.3 Å². The number of fused-ring (bicyclic) bond motifs is 1. The van der Waals surface area contributed by atoms with Gasteiger partial charge in [0.25, 0.3) is 0 Å². The van der Waals surface area contributed by atoms with E-state index >= 15 is 0 Å². The Morgan fingerprint density at radius 1 is 1.42 bits per heavy atom. The molecule has 1 aliphatic heterocycles. The molecule has 1 aromatic heterocycles. The summed E-state index contributed by atoms with van der Waals surface area (Å²) in [6.45, 7) is 7.82. The zero-order valence-corrected chi connectivity index (χ0v) is 16.6. The van der Waals surface area contributed by atoms with Crippen LogP contribution < -0.4 is 5.32 Å². The Morgan fingerprint density at radius 2 is 2.27 bits per heavy atom. The van der Waals surface area contributed by atoms with Crippen molar-refractivity contribution in [1.82, 2.24) is 15.2 Å². The van der Waals surface area contributed by atoms with Crippen LogP contribution in [0.25, 0.3) is 10.2 Å². The van der Waals surface area contributed by atoms with E-state index in [4.69, 9.17) is 9.72 Å². The first-order valence-electron chi connectivity index (χ1n) is 9.58. The van der Waals surface area contributed by atoms with E-state index in [-0.39, 0.29) is 12.0 Å². The van der Waals surface area contributed by atoms with Crippen molar-refractivity contribution in [3.8, 4) is 0 Å². The maximum absolute atomic E-state index is 12.2. The van der Waals surface area contributed by atoms with Crippen LogP contribution in [0.3, 0.4) is 0 Å². The third kappa shape index (κ3) is 5.50. The van der Waals surface area contributed by atoms with Crippen molar-refractivity contribution >= 4 is 27.5 Å². The molecular weight excluding hydrogens is 346 g/mol. The first-order chi connectivity index (χ1) is 12.6. The second-order valence-corrected chi connectivity index (χ2v) is 8.28. The number of benzene rings is 1. The van der Waals surface area contributed by atoms with Crippen LogP contribution in [-0.2, 0) is 9.53 Å². The summed E-state index contributed by atoms with van der Waals surface area (Å²) >= 11 is 1.79. The first kappa shape index (κ1) is 19.3. The molecule has 3 rings (SSSR count). The first-order valence-corrected chi connectivity index (χ1v) is 10.4. The minimum absolute atomic E-state index is 0.111. The fraction of sp³-hybridized carbons (Fsp3) is 0.600. The number of rotatable bonds is 8. The van der Waals surface area contributed by atoms with Crippen LogP contribution in [0.2, 0.25) is 0 Å². The Hall–Kier alpha value is -1.50. The van der Waals surface area contributed by atoms with Gasteiger partial charge < -0.3 is 10.1 Å². The Balaban J connectivity index is 1.45. The topological polar surface area (TPSA) is 54.5 Å². The van der Waals surface area contributed by atoms with Gasteiger partial charge >= 0.3 is 0 Å². The van der Waals surface area contributed by atoms with Crippen LogP contribution in [0.1, 0.15) is 44.0 Å². The van der Waals surface area contributed by atoms with Gasteiger partial charge in [0.2, 0.25) is 5.91 Å². The summed E-state index contributed by atoms with van der Waals surface area (Å²) in [5.74, 6) is 0.549. The van der Waals surface area contributed by atoms with Gasteiger partial charge in [-0.15, -0.1) is 11.3 Å². The van der Waals surface area contributed by atoms with E-state index in [1.54, 1.807) is 11.3 Å². The van der Waals surface area contributed by atoms with Gasteiger partial charge in [0.05, 0.1) is 27.9 Å². The lowest BCUT2D eigenvalue weighted by Crippen LogP contribution is -2.42. The Labute approximate surface area is 159 Å². The molecule has 142 valence electrons. The molecule has 0 saturated carbocycles. The number of likely N-dealkylation sites (tertiary alicyclic amines) is 1. The molecule has 6 heteroatoms. The van der Waals surface area contributed by atoms with Crippen LogP contribution in [0, 0.1) is 0 Å². The van der Waals surface area contributed by atoms with Crippen molar-refractivity contribution < 1.29 is 9.53 Å². The monoisotopic (exact) mass is 375 g/mol. The van der Waals surface area contributed by atoms with Crippen molar-refractivity contribution in [3.63, 3.8) is 0 Å². The number of amides is 1.